The molecule has 2 heterocycles. The second-order valence-corrected chi connectivity index (χ2v) is 7.99. The molecule has 2 aromatic rings. The summed E-state index contributed by atoms with van der Waals surface area (Å²) in [6, 6.07) is 9.51. The van der Waals surface area contributed by atoms with Gasteiger partial charge in [-0.1, -0.05) is 35.5 Å². The summed E-state index contributed by atoms with van der Waals surface area (Å²) in [5.74, 6) is -0.915. The summed E-state index contributed by atoms with van der Waals surface area (Å²) >= 11 is 7.17. The maximum atomic E-state index is 14.5. The van der Waals surface area contributed by atoms with Crippen molar-refractivity contribution in [1.29, 1.82) is 0 Å². The molecule has 144 valence electrons. The molecule has 0 aromatic heterocycles. The molecule has 2 aliphatic heterocycles. The molecule has 0 aliphatic carbocycles. The average molecular weight is 419 g/mol. The van der Waals surface area contributed by atoms with E-state index in [2.05, 4.69) is 0 Å². The van der Waals surface area contributed by atoms with E-state index in [0.717, 1.165) is 11.8 Å². The Balaban J connectivity index is 1.63. The zero-order valence-corrected chi connectivity index (χ0v) is 16.4. The lowest BCUT2D eigenvalue weighted by Crippen LogP contribution is -2.36. The van der Waals surface area contributed by atoms with Crippen molar-refractivity contribution in [2.24, 2.45) is 0 Å². The molecule has 3 amide bonds. The van der Waals surface area contributed by atoms with Crippen LogP contribution in [0.25, 0.3) is 0 Å². The van der Waals surface area contributed by atoms with Gasteiger partial charge in [0.25, 0.3) is 11.1 Å². The van der Waals surface area contributed by atoms with Crippen LogP contribution in [0.15, 0.2) is 36.4 Å². The topological polar surface area (TPSA) is 57.7 Å². The van der Waals surface area contributed by atoms with Crippen molar-refractivity contribution < 1.29 is 18.8 Å². The number of carbonyl (C=O) groups is 3. The smallest absolute Gasteiger partial charge is 0.289 e. The summed E-state index contributed by atoms with van der Waals surface area (Å²) in [7, 11) is 0. The van der Waals surface area contributed by atoms with E-state index in [1.165, 1.54) is 21.9 Å². The molecule has 28 heavy (non-hydrogen) atoms. The highest BCUT2D eigenvalue weighted by atomic mass is 35.5. The Bertz CT molecular complexity index is 981. The number of hydrogen-bond acceptors (Lipinski definition) is 4. The molecule has 0 N–H and O–H groups in total. The molecule has 0 saturated carbocycles. The predicted octanol–water partition coefficient (Wildman–Crippen LogP) is 4.27. The van der Waals surface area contributed by atoms with Gasteiger partial charge in [-0.2, -0.15) is 0 Å². The van der Waals surface area contributed by atoms with Crippen molar-refractivity contribution >= 4 is 46.1 Å². The lowest BCUT2D eigenvalue weighted by Gasteiger charge is -2.30. The number of benzene rings is 2. The zero-order chi connectivity index (χ0) is 19.8. The number of amides is 3. The second-order valence-electron chi connectivity index (χ2n) is 6.65. The minimum Gasteiger partial charge on any atom is -0.305 e. The first-order valence-electron chi connectivity index (χ1n) is 8.80. The van der Waals surface area contributed by atoms with Gasteiger partial charge in [0.1, 0.15) is 5.82 Å². The molecule has 0 atom stereocenters. The van der Waals surface area contributed by atoms with Crippen molar-refractivity contribution in [2.75, 3.05) is 17.2 Å². The fourth-order valence-electron chi connectivity index (χ4n) is 3.52. The van der Waals surface area contributed by atoms with Gasteiger partial charge in [-0.05, 0) is 48.2 Å². The summed E-state index contributed by atoms with van der Waals surface area (Å²) in [6.45, 7) is 0.510. The van der Waals surface area contributed by atoms with E-state index in [1.54, 1.807) is 24.3 Å². The van der Waals surface area contributed by atoms with Crippen LogP contribution in [0.3, 0.4) is 0 Å². The Hall–Kier alpha value is -2.38. The van der Waals surface area contributed by atoms with Gasteiger partial charge in [-0.25, -0.2) is 4.39 Å². The van der Waals surface area contributed by atoms with Crippen LogP contribution in [0.2, 0.25) is 5.02 Å². The lowest BCUT2D eigenvalue weighted by atomic mass is 9.99. The Morgan fingerprint density at radius 3 is 2.79 bits per heavy atom. The first-order valence-corrected chi connectivity index (χ1v) is 10.2. The molecular formula is C20H16ClFN2O3S. The largest absolute Gasteiger partial charge is 0.305 e. The number of imide groups is 1. The van der Waals surface area contributed by atoms with Crippen LogP contribution in [-0.2, 0) is 17.8 Å². The number of nitrogens with zero attached hydrogens (tertiary/aromatic N) is 2. The minimum absolute atomic E-state index is 0.114. The van der Waals surface area contributed by atoms with E-state index < -0.39 is 5.82 Å². The summed E-state index contributed by atoms with van der Waals surface area (Å²) in [6.07, 6.45) is 1.31. The Kier molecular flexibility index (Phi) is 5.12. The van der Waals surface area contributed by atoms with Gasteiger partial charge in [0.2, 0.25) is 5.91 Å². The van der Waals surface area contributed by atoms with Crippen LogP contribution in [0, 0.1) is 5.82 Å². The molecule has 2 aliphatic rings. The minimum atomic E-state index is -0.478. The number of hydrogen-bond donors (Lipinski definition) is 0. The number of thioether (sulfide) groups is 1. The van der Waals surface area contributed by atoms with Crippen molar-refractivity contribution in [3.05, 3.63) is 63.9 Å². The fourth-order valence-corrected chi connectivity index (χ4v) is 4.49. The molecule has 5 nitrogen and oxygen atoms in total. The third-order valence-corrected chi connectivity index (χ3v) is 6.07. The first-order chi connectivity index (χ1) is 13.5. The first kappa shape index (κ1) is 19.0. The van der Waals surface area contributed by atoms with Gasteiger partial charge >= 0.3 is 0 Å². The predicted molar refractivity (Wildman–Crippen MR) is 106 cm³/mol. The van der Waals surface area contributed by atoms with Gasteiger partial charge in [-0.15, -0.1) is 0 Å². The molecular weight excluding hydrogens is 403 g/mol. The Morgan fingerprint density at radius 2 is 2.04 bits per heavy atom. The molecule has 8 heteroatoms. The zero-order valence-electron chi connectivity index (χ0n) is 14.8. The lowest BCUT2D eigenvalue weighted by molar-refractivity contribution is -0.125. The molecule has 1 saturated heterocycles. The Morgan fingerprint density at radius 1 is 1.21 bits per heavy atom. The van der Waals surface area contributed by atoms with E-state index in [4.69, 9.17) is 11.6 Å². The molecule has 2 aromatic carbocycles. The normalized spacial score (nSPS) is 16.5. The van der Waals surface area contributed by atoms with Gasteiger partial charge < -0.3 is 4.90 Å². The van der Waals surface area contributed by atoms with E-state index in [1.807, 2.05) is 0 Å². The molecule has 0 spiro atoms. The summed E-state index contributed by atoms with van der Waals surface area (Å²) in [5, 5.41) is 0.162. The van der Waals surface area contributed by atoms with Crippen LogP contribution in [0.5, 0.6) is 0 Å². The molecule has 0 unspecified atom stereocenters. The van der Waals surface area contributed by atoms with Crippen molar-refractivity contribution in [1.82, 2.24) is 4.90 Å². The van der Waals surface area contributed by atoms with Crippen LogP contribution in [-0.4, -0.2) is 34.3 Å². The van der Waals surface area contributed by atoms with E-state index in [0.29, 0.717) is 41.1 Å². The van der Waals surface area contributed by atoms with Gasteiger partial charge in [0, 0.05) is 17.1 Å². The van der Waals surface area contributed by atoms with E-state index >= 15 is 0 Å². The number of fused-ring (bicyclic) bond motifs is 1. The van der Waals surface area contributed by atoms with Crippen LogP contribution < -0.4 is 4.90 Å². The van der Waals surface area contributed by atoms with E-state index in [9.17, 15) is 18.8 Å². The highest BCUT2D eigenvalue weighted by Gasteiger charge is 2.31. The Labute approximate surface area is 170 Å². The third kappa shape index (κ3) is 3.40. The second kappa shape index (κ2) is 7.56. The van der Waals surface area contributed by atoms with Crippen molar-refractivity contribution in [2.45, 2.75) is 19.4 Å². The maximum absolute atomic E-state index is 14.5. The van der Waals surface area contributed by atoms with Gasteiger partial charge in [0.05, 0.1) is 18.0 Å². The number of halogens is 2. The molecule has 1 fully saturated rings. The van der Waals surface area contributed by atoms with Crippen LogP contribution in [0.4, 0.5) is 14.9 Å². The molecule has 0 radical (unpaired) electrons. The number of rotatable bonds is 3. The maximum Gasteiger partial charge on any atom is 0.289 e. The van der Waals surface area contributed by atoms with Gasteiger partial charge in [-0.3, -0.25) is 19.3 Å². The number of carbonyl (C=O) groups excluding carboxylic acids is 3. The van der Waals surface area contributed by atoms with Crippen LogP contribution >= 0.6 is 23.4 Å². The summed E-state index contributed by atoms with van der Waals surface area (Å²) in [5.41, 5.74) is 1.91. The van der Waals surface area contributed by atoms with E-state index in [-0.39, 0.29) is 35.0 Å². The van der Waals surface area contributed by atoms with Crippen molar-refractivity contribution in [3.8, 4) is 0 Å². The SMILES string of the molecule is O=C1CSC(=O)N1Cc1cccc(C(=O)N2CCCc3c(Cl)ccc(F)c32)c1. The highest BCUT2D eigenvalue weighted by molar-refractivity contribution is 8.14. The quantitative estimate of drug-likeness (QED) is 0.747. The third-order valence-electron chi connectivity index (χ3n) is 4.86. The molecule has 0 bridgehead atoms. The average Bonchev–Trinajstić information content (AvgIpc) is 3.02. The van der Waals surface area contributed by atoms with Crippen molar-refractivity contribution in [3.63, 3.8) is 0 Å². The number of anilines is 1. The summed E-state index contributed by atoms with van der Waals surface area (Å²) < 4.78 is 14.5. The van der Waals surface area contributed by atoms with Crippen LogP contribution in [0.1, 0.15) is 27.9 Å². The fraction of sp³-hybridized carbons (Fsp3) is 0.250. The molecule has 4 rings (SSSR count). The monoisotopic (exact) mass is 418 g/mol. The van der Waals surface area contributed by atoms with Gasteiger partial charge in [0.15, 0.2) is 0 Å². The standard InChI is InChI=1S/C20H16ClFN2O3S/c21-15-6-7-16(22)18-14(15)5-2-8-23(18)19(26)13-4-1-3-12(9-13)10-24-17(25)11-28-20(24)27/h1,3-4,6-7,9H,2,5,8,10-11H2. The highest BCUT2D eigenvalue weighted by Crippen LogP contribution is 2.36. The summed E-state index contributed by atoms with van der Waals surface area (Å²) in [4.78, 5) is 39.3.